The maximum absolute atomic E-state index is 12.6. The number of likely N-dealkylation sites (N-methyl/N-ethyl adjacent to an activating group) is 2. The second-order valence-electron chi connectivity index (χ2n) is 5.15. The number of sulfonamides is 1. The van der Waals surface area contributed by atoms with Gasteiger partial charge < -0.3 is 4.90 Å². The fraction of sp³-hybridized carbons (Fsp3) is 0.462. The number of aryl methyl sites for hydroxylation is 1. The minimum Gasteiger partial charge on any atom is -0.308 e. The van der Waals surface area contributed by atoms with Crippen LogP contribution in [0.15, 0.2) is 19.6 Å². The lowest BCUT2D eigenvalue weighted by Crippen LogP contribution is -2.33. The molecular weight excluding hydrogens is 406 g/mol. The predicted molar refractivity (Wildman–Crippen MR) is 96.2 cm³/mol. The summed E-state index contributed by atoms with van der Waals surface area (Å²) in [5.74, 6) is 0. The molecule has 0 fully saturated rings. The molecule has 9 heteroatoms. The van der Waals surface area contributed by atoms with Gasteiger partial charge in [0, 0.05) is 25.7 Å². The van der Waals surface area contributed by atoms with E-state index in [9.17, 15) is 8.42 Å². The predicted octanol–water partition coefficient (Wildman–Crippen LogP) is 3.12. The zero-order valence-electron chi connectivity index (χ0n) is 12.8. The van der Waals surface area contributed by atoms with Crippen LogP contribution in [0.1, 0.15) is 5.69 Å². The lowest BCUT2D eigenvalue weighted by Gasteiger charge is -2.18. The summed E-state index contributed by atoms with van der Waals surface area (Å²) in [5.41, 5.74) is 3.57. The van der Waals surface area contributed by atoms with Gasteiger partial charge in [-0.25, -0.2) is 13.4 Å². The summed E-state index contributed by atoms with van der Waals surface area (Å²) in [6.07, 6.45) is 0. The van der Waals surface area contributed by atoms with Crippen molar-refractivity contribution in [2.24, 2.45) is 0 Å². The molecule has 0 amide bonds. The topological polar surface area (TPSA) is 53.5 Å². The molecule has 0 unspecified atom stereocenters. The largest absolute Gasteiger partial charge is 0.308 e. The van der Waals surface area contributed by atoms with Gasteiger partial charge in [-0.15, -0.1) is 22.7 Å². The highest BCUT2D eigenvalue weighted by Crippen LogP contribution is 2.41. The summed E-state index contributed by atoms with van der Waals surface area (Å²) in [6.45, 7) is 3.07. The Kier molecular flexibility index (Phi) is 5.79. The minimum atomic E-state index is -3.46. The third-order valence-corrected chi connectivity index (χ3v) is 8.29. The first-order valence-corrected chi connectivity index (χ1v) is 10.5. The van der Waals surface area contributed by atoms with E-state index in [4.69, 9.17) is 0 Å². The van der Waals surface area contributed by atoms with Crippen molar-refractivity contribution < 1.29 is 8.42 Å². The van der Waals surface area contributed by atoms with Gasteiger partial charge in [-0.1, -0.05) is 0 Å². The molecule has 122 valence electrons. The van der Waals surface area contributed by atoms with E-state index >= 15 is 0 Å². The first-order chi connectivity index (χ1) is 10.2. The Morgan fingerprint density at radius 3 is 2.50 bits per heavy atom. The zero-order valence-corrected chi connectivity index (χ0v) is 16.9. The second kappa shape index (κ2) is 7.06. The molecule has 0 aliphatic heterocycles. The van der Waals surface area contributed by atoms with Crippen molar-refractivity contribution in [3.63, 3.8) is 0 Å². The molecule has 0 radical (unpaired) electrons. The van der Waals surface area contributed by atoms with Gasteiger partial charge in [0.1, 0.15) is 4.21 Å². The van der Waals surface area contributed by atoms with Gasteiger partial charge in [-0.3, -0.25) is 0 Å². The summed E-state index contributed by atoms with van der Waals surface area (Å²) in [5, 5.41) is 0. The molecule has 0 saturated heterocycles. The Morgan fingerprint density at radius 1 is 1.27 bits per heavy atom. The number of nitrogens with zero attached hydrogens (tertiary/aromatic N) is 3. The Hall–Kier alpha value is -0.320. The van der Waals surface area contributed by atoms with Crippen molar-refractivity contribution in [3.05, 3.63) is 21.1 Å². The van der Waals surface area contributed by atoms with E-state index in [0.717, 1.165) is 19.9 Å². The van der Waals surface area contributed by atoms with Gasteiger partial charge in [-0.05, 0) is 43.0 Å². The van der Waals surface area contributed by atoms with E-state index in [0.29, 0.717) is 17.3 Å². The smallest absolute Gasteiger partial charge is 0.252 e. The van der Waals surface area contributed by atoms with Crippen LogP contribution in [0.5, 0.6) is 0 Å². The molecule has 0 atom stereocenters. The Labute approximate surface area is 147 Å². The molecule has 0 aliphatic rings. The van der Waals surface area contributed by atoms with Crippen LogP contribution in [-0.2, 0) is 10.0 Å². The Bertz CT molecular complexity index is 752. The maximum atomic E-state index is 12.6. The summed E-state index contributed by atoms with van der Waals surface area (Å²) < 4.78 is 27.9. The van der Waals surface area contributed by atoms with Gasteiger partial charge in [0.15, 0.2) is 0 Å². The number of hydrogen-bond acceptors (Lipinski definition) is 6. The summed E-state index contributed by atoms with van der Waals surface area (Å²) >= 11 is 6.24. The van der Waals surface area contributed by atoms with E-state index in [1.165, 1.54) is 27.0 Å². The Morgan fingerprint density at radius 2 is 1.95 bits per heavy atom. The van der Waals surface area contributed by atoms with Gasteiger partial charge in [0.2, 0.25) is 0 Å². The van der Waals surface area contributed by atoms with Crippen LogP contribution in [0.25, 0.3) is 10.4 Å². The van der Waals surface area contributed by atoms with Gasteiger partial charge >= 0.3 is 0 Å². The molecule has 2 heterocycles. The number of thiazole rings is 1. The highest BCUT2D eigenvalue weighted by atomic mass is 79.9. The third-order valence-electron chi connectivity index (χ3n) is 3.18. The summed E-state index contributed by atoms with van der Waals surface area (Å²) in [4.78, 5) is 7.19. The monoisotopic (exact) mass is 423 g/mol. The molecule has 0 saturated carbocycles. The average Bonchev–Trinajstić information content (AvgIpc) is 3.01. The van der Waals surface area contributed by atoms with Crippen LogP contribution < -0.4 is 0 Å². The number of hydrogen-bond donors (Lipinski definition) is 0. The molecule has 22 heavy (non-hydrogen) atoms. The zero-order chi connectivity index (χ0) is 16.5. The van der Waals surface area contributed by atoms with Gasteiger partial charge in [0.05, 0.1) is 19.9 Å². The summed E-state index contributed by atoms with van der Waals surface area (Å²) in [7, 11) is 2.00. The number of thiophene rings is 1. The fourth-order valence-corrected chi connectivity index (χ4v) is 6.56. The molecule has 0 aliphatic carbocycles. The van der Waals surface area contributed by atoms with E-state index in [-0.39, 0.29) is 0 Å². The highest BCUT2D eigenvalue weighted by molar-refractivity contribution is 9.11. The molecule has 2 aromatic heterocycles. The van der Waals surface area contributed by atoms with E-state index in [2.05, 4.69) is 20.9 Å². The van der Waals surface area contributed by atoms with Crippen LogP contribution >= 0.6 is 38.6 Å². The SMILES string of the molecule is Cc1ncsc1-c1cc(S(=O)(=O)N(C)CCN(C)C)sc1Br. The van der Waals surface area contributed by atoms with Crippen LogP contribution in [0.3, 0.4) is 0 Å². The van der Waals surface area contributed by atoms with Crippen molar-refractivity contribution in [1.82, 2.24) is 14.2 Å². The Balaban J connectivity index is 2.32. The fourth-order valence-electron chi connectivity index (χ4n) is 1.80. The molecule has 0 bridgehead atoms. The van der Waals surface area contributed by atoms with Crippen molar-refractivity contribution in [1.29, 1.82) is 0 Å². The lowest BCUT2D eigenvalue weighted by atomic mass is 10.2. The highest BCUT2D eigenvalue weighted by Gasteiger charge is 2.25. The van der Waals surface area contributed by atoms with Crippen LogP contribution in [0, 0.1) is 6.92 Å². The maximum Gasteiger partial charge on any atom is 0.252 e. The van der Waals surface area contributed by atoms with Crippen molar-refractivity contribution in [2.45, 2.75) is 11.1 Å². The third kappa shape index (κ3) is 3.77. The molecule has 0 aromatic carbocycles. The van der Waals surface area contributed by atoms with Crippen LogP contribution in [-0.4, -0.2) is 56.8 Å². The average molecular weight is 424 g/mol. The van der Waals surface area contributed by atoms with Gasteiger partial charge in [0.25, 0.3) is 10.0 Å². The van der Waals surface area contributed by atoms with E-state index in [1.54, 1.807) is 18.6 Å². The minimum absolute atomic E-state index is 0.350. The summed E-state index contributed by atoms with van der Waals surface area (Å²) in [6, 6.07) is 1.73. The lowest BCUT2D eigenvalue weighted by molar-refractivity contribution is 0.359. The van der Waals surface area contributed by atoms with Crippen LogP contribution in [0.4, 0.5) is 0 Å². The molecule has 0 spiro atoms. The van der Waals surface area contributed by atoms with Crippen LogP contribution in [0.2, 0.25) is 0 Å². The number of aromatic nitrogens is 1. The molecule has 5 nitrogen and oxygen atoms in total. The normalized spacial score (nSPS) is 12.5. The second-order valence-corrected chi connectivity index (χ2v) is 10.6. The first kappa shape index (κ1) is 18.0. The molecule has 2 rings (SSSR count). The first-order valence-electron chi connectivity index (χ1n) is 6.54. The van der Waals surface area contributed by atoms with Crippen molar-refractivity contribution >= 4 is 48.6 Å². The van der Waals surface area contributed by atoms with E-state index in [1.807, 2.05) is 25.9 Å². The molecule has 0 N–H and O–H groups in total. The molecular formula is C13H18BrN3O2S3. The standard InChI is InChI=1S/C13H18BrN3O2S3/c1-9-12(20-8-15-9)10-7-11(21-13(10)14)22(18,19)17(4)6-5-16(2)3/h7-8H,5-6H2,1-4H3. The van der Waals surface area contributed by atoms with E-state index < -0.39 is 10.0 Å². The quantitative estimate of drug-likeness (QED) is 0.715. The molecule has 2 aromatic rings. The number of halogens is 1. The number of rotatable bonds is 6. The van der Waals surface area contributed by atoms with Gasteiger partial charge in [-0.2, -0.15) is 4.31 Å². The van der Waals surface area contributed by atoms with Crippen molar-refractivity contribution in [3.8, 4) is 10.4 Å². The van der Waals surface area contributed by atoms with Crippen molar-refractivity contribution in [2.75, 3.05) is 34.2 Å².